The van der Waals surface area contributed by atoms with E-state index < -0.39 is 0 Å². The van der Waals surface area contributed by atoms with Gasteiger partial charge in [-0.25, -0.2) is 0 Å². The number of amides is 2. The number of aromatic amines is 1. The van der Waals surface area contributed by atoms with Crippen LogP contribution in [-0.2, 0) is 4.79 Å². The number of fused-ring (bicyclic) bond motifs is 2. The molecule has 1 atom stereocenters. The lowest BCUT2D eigenvalue weighted by atomic mass is 10.0. The summed E-state index contributed by atoms with van der Waals surface area (Å²) in [6.07, 6.45) is 0.160. The van der Waals surface area contributed by atoms with Crippen molar-refractivity contribution in [3.63, 3.8) is 0 Å². The van der Waals surface area contributed by atoms with Crippen LogP contribution >= 0.6 is 15.9 Å². The van der Waals surface area contributed by atoms with Crippen molar-refractivity contribution in [2.45, 2.75) is 12.5 Å². The lowest BCUT2D eigenvalue weighted by Gasteiger charge is -2.11. The van der Waals surface area contributed by atoms with Crippen molar-refractivity contribution in [1.82, 2.24) is 15.5 Å². The molecule has 0 spiro atoms. The number of nitrogens with zero attached hydrogens (tertiary/aromatic N) is 1. The molecular weight excluding hydrogens is 372 g/mol. The maximum absolute atomic E-state index is 12.4. The highest BCUT2D eigenvalue weighted by atomic mass is 79.9. The molecule has 0 unspecified atom stereocenters. The first-order valence-corrected chi connectivity index (χ1v) is 8.24. The molecule has 3 aromatic rings. The summed E-state index contributed by atoms with van der Waals surface area (Å²) in [7, 11) is 0. The van der Waals surface area contributed by atoms with Gasteiger partial charge < -0.3 is 10.6 Å². The zero-order valence-electron chi connectivity index (χ0n) is 12.5. The summed E-state index contributed by atoms with van der Waals surface area (Å²) in [5.74, 6) is 0.145. The summed E-state index contributed by atoms with van der Waals surface area (Å²) >= 11 is 3.40. The van der Waals surface area contributed by atoms with Gasteiger partial charge in [-0.1, -0.05) is 34.1 Å². The van der Waals surface area contributed by atoms with E-state index in [-0.39, 0.29) is 24.3 Å². The second-order valence-electron chi connectivity index (χ2n) is 5.63. The molecule has 7 heteroatoms. The van der Waals surface area contributed by atoms with E-state index >= 15 is 0 Å². The monoisotopic (exact) mass is 384 g/mol. The topological polar surface area (TPSA) is 86.9 Å². The SMILES string of the molecule is O=C(C[C@@H]1NC(=O)c2ccccc21)Nc1n[nH]c2cc(Br)ccc12. The Kier molecular flexibility index (Phi) is 3.57. The Morgan fingerprint density at radius 2 is 2.08 bits per heavy atom. The number of rotatable bonds is 3. The molecule has 0 aliphatic carbocycles. The van der Waals surface area contributed by atoms with Crippen LogP contribution in [0.4, 0.5) is 5.82 Å². The number of aromatic nitrogens is 2. The number of hydrogen-bond donors (Lipinski definition) is 3. The third kappa shape index (κ3) is 2.56. The van der Waals surface area contributed by atoms with Gasteiger partial charge in [-0.05, 0) is 29.8 Å². The zero-order chi connectivity index (χ0) is 16.7. The lowest BCUT2D eigenvalue weighted by Crippen LogP contribution is -2.24. The third-order valence-corrected chi connectivity index (χ3v) is 4.55. The number of nitrogens with one attached hydrogen (secondary N) is 3. The van der Waals surface area contributed by atoms with Gasteiger partial charge in [-0.3, -0.25) is 14.7 Å². The Balaban J connectivity index is 1.52. The summed E-state index contributed by atoms with van der Waals surface area (Å²) in [5.41, 5.74) is 2.32. The third-order valence-electron chi connectivity index (χ3n) is 4.06. The molecule has 0 fully saturated rings. The van der Waals surface area contributed by atoms with Crippen molar-refractivity contribution in [3.8, 4) is 0 Å². The van der Waals surface area contributed by atoms with Crippen molar-refractivity contribution in [2.24, 2.45) is 0 Å². The van der Waals surface area contributed by atoms with Gasteiger partial charge in [0.1, 0.15) is 0 Å². The minimum absolute atomic E-state index is 0.140. The van der Waals surface area contributed by atoms with Gasteiger partial charge in [0, 0.05) is 15.4 Å². The molecule has 24 heavy (non-hydrogen) atoms. The van der Waals surface area contributed by atoms with Crippen LogP contribution in [0.5, 0.6) is 0 Å². The summed E-state index contributed by atoms with van der Waals surface area (Å²) in [6, 6.07) is 12.7. The second-order valence-corrected chi connectivity index (χ2v) is 6.54. The van der Waals surface area contributed by atoms with Crippen molar-refractivity contribution >= 4 is 44.5 Å². The standard InChI is InChI=1S/C17H13BrN4O2/c18-9-5-6-12-14(7-9)21-22-16(12)20-15(23)8-13-10-3-1-2-4-11(10)17(24)19-13/h1-7,13H,8H2,(H,19,24)(H2,20,21,22,23)/t13-/m0/s1. The smallest absolute Gasteiger partial charge is 0.252 e. The van der Waals surface area contributed by atoms with Crippen molar-refractivity contribution in [2.75, 3.05) is 5.32 Å². The molecule has 4 rings (SSSR count). The van der Waals surface area contributed by atoms with Crippen LogP contribution in [0.2, 0.25) is 0 Å². The first-order valence-electron chi connectivity index (χ1n) is 7.45. The van der Waals surface area contributed by atoms with E-state index in [9.17, 15) is 9.59 Å². The molecule has 0 radical (unpaired) electrons. The van der Waals surface area contributed by atoms with Gasteiger partial charge in [0.2, 0.25) is 5.91 Å². The highest BCUT2D eigenvalue weighted by Gasteiger charge is 2.29. The number of H-pyrrole nitrogens is 1. The maximum Gasteiger partial charge on any atom is 0.252 e. The highest BCUT2D eigenvalue weighted by Crippen LogP contribution is 2.28. The number of carbonyl (C=O) groups is 2. The van der Waals surface area contributed by atoms with Gasteiger partial charge in [0.25, 0.3) is 5.91 Å². The molecule has 0 saturated carbocycles. The Morgan fingerprint density at radius 3 is 2.96 bits per heavy atom. The van der Waals surface area contributed by atoms with E-state index in [0.717, 1.165) is 20.9 Å². The first-order chi connectivity index (χ1) is 11.6. The summed E-state index contributed by atoms with van der Waals surface area (Å²) in [5, 5.41) is 13.5. The number of hydrogen-bond acceptors (Lipinski definition) is 3. The zero-order valence-corrected chi connectivity index (χ0v) is 14.1. The van der Waals surface area contributed by atoms with Gasteiger partial charge in [0.05, 0.1) is 18.0 Å². The van der Waals surface area contributed by atoms with Crippen LogP contribution in [-0.4, -0.2) is 22.0 Å². The molecule has 120 valence electrons. The molecule has 2 amide bonds. The molecule has 2 heterocycles. The average molecular weight is 385 g/mol. The Hall–Kier alpha value is -2.67. The van der Waals surface area contributed by atoms with Gasteiger partial charge in [0.15, 0.2) is 5.82 Å². The number of carbonyl (C=O) groups excluding carboxylic acids is 2. The number of anilines is 1. The fourth-order valence-electron chi connectivity index (χ4n) is 2.94. The van der Waals surface area contributed by atoms with Crippen LogP contribution in [0, 0.1) is 0 Å². The normalized spacial score (nSPS) is 16.0. The van der Waals surface area contributed by atoms with E-state index in [1.54, 1.807) is 6.07 Å². The Morgan fingerprint density at radius 1 is 1.25 bits per heavy atom. The van der Waals surface area contributed by atoms with Crippen molar-refractivity contribution in [3.05, 3.63) is 58.1 Å². The highest BCUT2D eigenvalue weighted by molar-refractivity contribution is 9.10. The largest absolute Gasteiger partial charge is 0.345 e. The maximum atomic E-state index is 12.4. The van der Waals surface area contributed by atoms with E-state index in [1.165, 1.54) is 0 Å². The second kappa shape index (κ2) is 5.76. The molecular formula is C17H13BrN4O2. The summed E-state index contributed by atoms with van der Waals surface area (Å²) < 4.78 is 0.932. The van der Waals surface area contributed by atoms with Crippen LogP contribution < -0.4 is 10.6 Å². The Labute approximate surface area is 145 Å². The molecule has 3 N–H and O–H groups in total. The molecule has 1 aliphatic rings. The first kappa shape index (κ1) is 14.9. The van der Waals surface area contributed by atoms with E-state index in [1.807, 2.05) is 36.4 Å². The van der Waals surface area contributed by atoms with Gasteiger partial charge in [-0.2, -0.15) is 5.10 Å². The molecule has 1 aromatic heterocycles. The van der Waals surface area contributed by atoms with Crippen LogP contribution in [0.1, 0.15) is 28.4 Å². The van der Waals surface area contributed by atoms with Gasteiger partial charge in [-0.15, -0.1) is 0 Å². The lowest BCUT2D eigenvalue weighted by molar-refractivity contribution is -0.116. The van der Waals surface area contributed by atoms with Crippen LogP contribution in [0.3, 0.4) is 0 Å². The molecule has 6 nitrogen and oxygen atoms in total. The van der Waals surface area contributed by atoms with Gasteiger partial charge >= 0.3 is 0 Å². The number of benzene rings is 2. The molecule has 2 aromatic carbocycles. The van der Waals surface area contributed by atoms with Crippen LogP contribution in [0.25, 0.3) is 10.9 Å². The van der Waals surface area contributed by atoms with Crippen LogP contribution in [0.15, 0.2) is 46.9 Å². The summed E-state index contributed by atoms with van der Waals surface area (Å²) in [6.45, 7) is 0. The fraction of sp³-hybridized carbons (Fsp3) is 0.118. The van der Waals surface area contributed by atoms with Crippen molar-refractivity contribution in [1.29, 1.82) is 0 Å². The molecule has 0 bridgehead atoms. The Bertz CT molecular complexity index is 966. The number of halogens is 1. The molecule has 0 saturated heterocycles. The van der Waals surface area contributed by atoms with Crippen molar-refractivity contribution < 1.29 is 9.59 Å². The van der Waals surface area contributed by atoms with E-state index in [2.05, 4.69) is 36.8 Å². The predicted molar refractivity (Wildman–Crippen MR) is 93.7 cm³/mol. The van der Waals surface area contributed by atoms with E-state index in [0.29, 0.717) is 11.4 Å². The average Bonchev–Trinajstić information content (AvgIpc) is 3.09. The predicted octanol–water partition coefficient (Wildman–Crippen LogP) is 3.14. The minimum Gasteiger partial charge on any atom is -0.345 e. The molecule has 1 aliphatic heterocycles. The quantitative estimate of drug-likeness (QED) is 0.648. The van der Waals surface area contributed by atoms with E-state index in [4.69, 9.17) is 0 Å². The minimum atomic E-state index is -0.312. The summed E-state index contributed by atoms with van der Waals surface area (Å²) in [4.78, 5) is 24.3. The fourth-order valence-corrected chi connectivity index (χ4v) is 3.30.